The monoisotopic (exact) mass is 358 g/mol. The van der Waals surface area contributed by atoms with Gasteiger partial charge in [0.1, 0.15) is 11.8 Å². The second-order valence-corrected chi connectivity index (χ2v) is 7.81. The molecule has 3 atom stereocenters. The highest BCUT2D eigenvalue weighted by Crippen LogP contribution is 2.40. The molecule has 26 heavy (non-hydrogen) atoms. The van der Waals surface area contributed by atoms with E-state index in [0.717, 1.165) is 31.4 Å². The minimum atomic E-state index is -0.383. The molecule has 1 spiro atoms. The summed E-state index contributed by atoms with van der Waals surface area (Å²) >= 11 is 0. The van der Waals surface area contributed by atoms with Crippen molar-refractivity contribution < 1.29 is 14.7 Å². The Hall–Kier alpha value is -2.12. The molecule has 1 aromatic rings. The first kappa shape index (κ1) is 17.3. The van der Waals surface area contributed by atoms with E-state index in [2.05, 4.69) is 10.9 Å². The van der Waals surface area contributed by atoms with Gasteiger partial charge in [-0.05, 0) is 31.7 Å². The lowest BCUT2D eigenvalue weighted by molar-refractivity contribution is -0.144. The van der Waals surface area contributed by atoms with Crippen molar-refractivity contribution in [1.29, 1.82) is 0 Å². The molecule has 4 rings (SSSR count). The molecule has 0 bridgehead atoms. The molecule has 3 saturated heterocycles. The van der Waals surface area contributed by atoms with Crippen molar-refractivity contribution in [1.82, 2.24) is 20.7 Å². The predicted molar refractivity (Wildman–Crippen MR) is 96.0 cm³/mol. The summed E-state index contributed by atoms with van der Waals surface area (Å²) < 4.78 is 0. The van der Waals surface area contributed by atoms with E-state index in [1.54, 1.807) is 17.0 Å². The second-order valence-electron chi connectivity index (χ2n) is 7.81. The fourth-order valence-electron chi connectivity index (χ4n) is 4.63. The van der Waals surface area contributed by atoms with Gasteiger partial charge in [0.15, 0.2) is 0 Å². The Bertz CT molecular complexity index is 724. The number of phenols is 1. The van der Waals surface area contributed by atoms with Gasteiger partial charge in [0.05, 0.1) is 11.5 Å². The molecular formula is C19H26N4O3. The van der Waals surface area contributed by atoms with Crippen molar-refractivity contribution >= 4 is 11.8 Å². The number of benzene rings is 1. The number of rotatable bonds is 2. The zero-order valence-corrected chi connectivity index (χ0v) is 15.1. The Balaban J connectivity index is 1.42. The van der Waals surface area contributed by atoms with Crippen LogP contribution in [0.2, 0.25) is 0 Å². The van der Waals surface area contributed by atoms with E-state index in [1.165, 1.54) is 0 Å². The quantitative estimate of drug-likeness (QED) is 0.727. The summed E-state index contributed by atoms with van der Waals surface area (Å²) in [5.41, 5.74) is 6.60. The van der Waals surface area contributed by atoms with Gasteiger partial charge in [-0.2, -0.15) is 0 Å². The van der Waals surface area contributed by atoms with Crippen LogP contribution in [0.1, 0.15) is 37.3 Å². The van der Waals surface area contributed by atoms with E-state index in [9.17, 15) is 14.7 Å². The number of likely N-dealkylation sites (tertiary alicyclic amines) is 2. The summed E-state index contributed by atoms with van der Waals surface area (Å²) in [4.78, 5) is 29.2. The van der Waals surface area contributed by atoms with Gasteiger partial charge in [0.25, 0.3) is 0 Å². The second kappa shape index (κ2) is 6.55. The molecule has 2 amide bonds. The van der Waals surface area contributed by atoms with E-state index < -0.39 is 0 Å². The Labute approximate surface area is 153 Å². The van der Waals surface area contributed by atoms with Crippen LogP contribution in [0.25, 0.3) is 0 Å². The molecular weight excluding hydrogens is 332 g/mol. The average Bonchev–Trinajstić information content (AvgIpc) is 3.28. The number of carbonyl (C=O) groups is 2. The molecule has 0 radical (unpaired) electrons. The van der Waals surface area contributed by atoms with Gasteiger partial charge in [-0.1, -0.05) is 18.2 Å². The van der Waals surface area contributed by atoms with Crippen molar-refractivity contribution in [3.05, 3.63) is 29.8 Å². The number of aromatic hydroxyl groups is 1. The highest BCUT2D eigenvalue weighted by molar-refractivity contribution is 5.87. The topological polar surface area (TPSA) is 84.9 Å². The van der Waals surface area contributed by atoms with Crippen LogP contribution in [0.4, 0.5) is 0 Å². The van der Waals surface area contributed by atoms with Crippen LogP contribution < -0.4 is 10.9 Å². The maximum atomic E-state index is 13.0. The maximum absolute atomic E-state index is 13.0. The Kier molecular flexibility index (Phi) is 4.36. The normalized spacial score (nSPS) is 31.8. The Morgan fingerprint density at radius 3 is 2.85 bits per heavy atom. The molecule has 0 saturated carbocycles. The SMILES string of the molecule is CN1CCCC2(CCN(C(=O)C3CC(c4ccccc4O)NN3)C2)C1=O. The molecule has 1 aromatic carbocycles. The number of nitrogens with one attached hydrogen (secondary N) is 2. The fourth-order valence-corrected chi connectivity index (χ4v) is 4.63. The van der Waals surface area contributed by atoms with Crippen LogP contribution in [-0.4, -0.2) is 59.4 Å². The van der Waals surface area contributed by atoms with Gasteiger partial charge in [0.2, 0.25) is 11.8 Å². The molecule has 0 aromatic heterocycles. The Morgan fingerprint density at radius 2 is 2.04 bits per heavy atom. The lowest BCUT2D eigenvalue weighted by Gasteiger charge is -2.37. The van der Waals surface area contributed by atoms with E-state index in [0.29, 0.717) is 19.5 Å². The summed E-state index contributed by atoms with van der Waals surface area (Å²) in [6, 6.07) is 6.73. The summed E-state index contributed by atoms with van der Waals surface area (Å²) in [5, 5.41) is 10.0. The molecule has 7 nitrogen and oxygen atoms in total. The van der Waals surface area contributed by atoms with Gasteiger partial charge < -0.3 is 14.9 Å². The minimum Gasteiger partial charge on any atom is -0.508 e. The standard InChI is InChI=1S/C19H26N4O3/c1-22-9-4-7-19(18(22)26)8-10-23(12-19)17(25)15-11-14(20-21-15)13-5-2-3-6-16(13)24/h2-3,5-6,14-15,20-21,24H,4,7-12H2,1H3. The van der Waals surface area contributed by atoms with Gasteiger partial charge in [0, 0.05) is 32.2 Å². The Morgan fingerprint density at radius 1 is 1.23 bits per heavy atom. The lowest BCUT2D eigenvalue weighted by Crippen LogP contribution is -2.50. The number of para-hydroxylation sites is 1. The van der Waals surface area contributed by atoms with Crippen molar-refractivity contribution in [3.8, 4) is 5.75 Å². The fraction of sp³-hybridized carbons (Fsp3) is 0.579. The number of amides is 2. The van der Waals surface area contributed by atoms with Crippen LogP contribution in [0.3, 0.4) is 0 Å². The summed E-state index contributed by atoms with van der Waals surface area (Å²) in [5.74, 6) is 0.452. The van der Waals surface area contributed by atoms with Crippen LogP contribution >= 0.6 is 0 Å². The molecule has 0 aliphatic carbocycles. The number of hydrogen-bond donors (Lipinski definition) is 3. The van der Waals surface area contributed by atoms with E-state index in [4.69, 9.17) is 0 Å². The molecule has 3 aliphatic rings. The van der Waals surface area contributed by atoms with Crippen molar-refractivity contribution in [3.63, 3.8) is 0 Å². The van der Waals surface area contributed by atoms with Crippen LogP contribution in [-0.2, 0) is 9.59 Å². The first-order valence-corrected chi connectivity index (χ1v) is 9.33. The van der Waals surface area contributed by atoms with Crippen LogP contribution in [0.15, 0.2) is 24.3 Å². The van der Waals surface area contributed by atoms with E-state index >= 15 is 0 Å². The summed E-state index contributed by atoms with van der Waals surface area (Å²) in [7, 11) is 1.85. The maximum Gasteiger partial charge on any atom is 0.241 e. The van der Waals surface area contributed by atoms with E-state index in [1.807, 2.05) is 24.1 Å². The van der Waals surface area contributed by atoms with Crippen molar-refractivity contribution in [2.75, 3.05) is 26.7 Å². The zero-order chi connectivity index (χ0) is 18.3. The number of phenolic OH excluding ortho intramolecular Hbond substituents is 1. The van der Waals surface area contributed by atoms with Crippen LogP contribution in [0, 0.1) is 5.41 Å². The number of hydrazine groups is 1. The van der Waals surface area contributed by atoms with Gasteiger partial charge in [-0.25, -0.2) is 10.9 Å². The average molecular weight is 358 g/mol. The molecule has 140 valence electrons. The highest BCUT2D eigenvalue weighted by atomic mass is 16.3. The van der Waals surface area contributed by atoms with Gasteiger partial charge in [-0.15, -0.1) is 0 Å². The first-order valence-electron chi connectivity index (χ1n) is 9.33. The third kappa shape index (κ3) is 2.85. The molecule has 3 aliphatic heterocycles. The number of nitrogens with zero attached hydrogens (tertiary/aromatic N) is 2. The number of carbonyl (C=O) groups excluding carboxylic acids is 2. The third-order valence-corrected chi connectivity index (χ3v) is 6.13. The highest BCUT2D eigenvalue weighted by Gasteiger charge is 2.49. The molecule has 3 fully saturated rings. The molecule has 7 heteroatoms. The number of hydrogen-bond acceptors (Lipinski definition) is 5. The smallest absolute Gasteiger partial charge is 0.241 e. The van der Waals surface area contributed by atoms with Crippen LogP contribution in [0.5, 0.6) is 5.75 Å². The largest absolute Gasteiger partial charge is 0.508 e. The zero-order valence-electron chi connectivity index (χ0n) is 15.1. The van der Waals surface area contributed by atoms with Gasteiger partial charge >= 0.3 is 0 Å². The third-order valence-electron chi connectivity index (χ3n) is 6.13. The minimum absolute atomic E-state index is 0.0355. The predicted octanol–water partition coefficient (Wildman–Crippen LogP) is 0.771. The van der Waals surface area contributed by atoms with E-state index in [-0.39, 0.29) is 35.1 Å². The lowest BCUT2D eigenvalue weighted by atomic mass is 9.78. The molecule has 3 N–H and O–H groups in total. The summed E-state index contributed by atoms with van der Waals surface area (Å²) in [6.07, 6.45) is 3.21. The van der Waals surface area contributed by atoms with Crippen molar-refractivity contribution in [2.24, 2.45) is 5.41 Å². The number of piperidine rings is 1. The molecule has 3 heterocycles. The molecule has 3 unspecified atom stereocenters. The van der Waals surface area contributed by atoms with Gasteiger partial charge in [-0.3, -0.25) is 9.59 Å². The first-order chi connectivity index (χ1) is 12.5. The summed E-state index contributed by atoms with van der Waals surface area (Å²) in [6.45, 7) is 1.97. The van der Waals surface area contributed by atoms with Crippen molar-refractivity contribution in [2.45, 2.75) is 37.8 Å².